The number of alkyl carbamates (subject to hydrolysis) is 1. The average molecular weight is 318 g/mol. The molecule has 1 heterocycles. The molecule has 0 bridgehead atoms. The Bertz CT molecular complexity index is 520. The highest BCUT2D eigenvalue weighted by Crippen LogP contribution is 2.31. The van der Waals surface area contributed by atoms with Crippen molar-refractivity contribution in [3.63, 3.8) is 0 Å². The largest absolute Gasteiger partial charge is 0.444 e. The molecule has 1 aliphatic heterocycles. The van der Waals surface area contributed by atoms with Crippen molar-refractivity contribution in [3.8, 4) is 0 Å². The maximum Gasteiger partial charge on any atom is 0.407 e. The summed E-state index contributed by atoms with van der Waals surface area (Å²) in [5.74, 6) is 0. The van der Waals surface area contributed by atoms with E-state index in [1.54, 1.807) is 0 Å². The molecule has 1 fully saturated rings. The van der Waals surface area contributed by atoms with E-state index in [0.717, 1.165) is 26.1 Å². The molecule has 1 aromatic rings. The SMILES string of the molecule is CC(C)(C)OC(=O)NC1CN(Cc2ccccc2)CCC1(C)C. The van der Waals surface area contributed by atoms with Crippen LogP contribution in [0.5, 0.6) is 0 Å². The lowest BCUT2D eigenvalue weighted by Crippen LogP contribution is -2.56. The van der Waals surface area contributed by atoms with Crippen molar-refractivity contribution in [1.82, 2.24) is 10.2 Å². The highest BCUT2D eigenvalue weighted by Gasteiger charge is 2.37. The van der Waals surface area contributed by atoms with Gasteiger partial charge in [0.25, 0.3) is 0 Å². The number of amides is 1. The van der Waals surface area contributed by atoms with Crippen LogP contribution in [0.4, 0.5) is 4.79 Å². The molecule has 1 N–H and O–H groups in total. The van der Waals surface area contributed by atoms with Gasteiger partial charge in [-0.3, -0.25) is 4.90 Å². The number of ether oxygens (including phenoxy) is 1. The Morgan fingerprint density at radius 2 is 1.96 bits per heavy atom. The third-order valence-electron chi connectivity index (χ3n) is 4.40. The average Bonchev–Trinajstić information content (AvgIpc) is 2.42. The molecule has 0 radical (unpaired) electrons. The third kappa shape index (κ3) is 5.54. The van der Waals surface area contributed by atoms with Gasteiger partial charge in [-0.15, -0.1) is 0 Å². The van der Waals surface area contributed by atoms with Crippen LogP contribution < -0.4 is 5.32 Å². The summed E-state index contributed by atoms with van der Waals surface area (Å²) in [6, 6.07) is 10.6. The van der Waals surface area contributed by atoms with E-state index in [2.05, 4.69) is 48.3 Å². The Hall–Kier alpha value is -1.55. The first-order valence-electron chi connectivity index (χ1n) is 8.41. The molecule has 1 atom stereocenters. The molecule has 128 valence electrons. The van der Waals surface area contributed by atoms with Crippen molar-refractivity contribution in [1.29, 1.82) is 0 Å². The molecule has 4 heteroatoms. The first-order chi connectivity index (χ1) is 10.7. The number of hydrogen-bond acceptors (Lipinski definition) is 3. The molecule has 23 heavy (non-hydrogen) atoms. The van der Waals surface area contributed by atoms with E-state index >= 15 is 0 Å². The molecular weight excluding hydrogens is 288 g/mol. The lowest BCUT2D eigenvalue weighted by atomic mass is 9.78. The van der Waals surface area contributed by atoms with Crippen LogP contribution in [0.2, 0.25) is 0 Å². The molecule has 1 aromatic carbocycles. The summed E-state index contributed by atoms with van der Waals surface area (Å²) in [4.78, 5) is 14.5. The summed E-state index contributed by atoms with van der Waals surface area (Å²) >= 11 is 0. The van der Waals surface area contributed by atoms with Gasteiger partial charge in [0.05, 0.1) is 6.04 Å². The van der Waals surface area contributed by atoms with Crippen LogP contribution >= 0.6 is 0 Å². The normalized spacial score (nSPS) is 21.7. The number of nitrogens with one attached hydrogen (secondary N) is 1. The topological polar surface area (TPSA) is 41.6 Å². The molecule has 1 unspecified atom stereocenters. The van der Waals surface area contributed by atoms with Crippen LogP contribution in [0.1, 0.15) is 46.6 Å². The second-order valence-electron chi connectivity index (χ2n) is 8.16. The van der Waals surface area contributed by atoms with Gasteiger partial charge in [0.2, 0.25) is 0 Å². The zero-order valence-corrected chi connectivity index (χ0v) is 15.1. The van der Waals surface area contributed by atoms with Gasteiger partial charge in [-0.2, -0.15) is 0 Å². The smallest absolute Gasteiger partial charge is 0.407 e. The van der Waals surface area contributed by atoms with Gasteiger partial charge in [-0.05, 0) is 44.7 Å². The van der Waals surface area contributed by atoms with E-state index in [-0.39, 0.29) is 17.6 Å². The van der Waals surface area contributed by atoms with E-state index in [1.807, 2.05) is 26.8 Å². The molecule has 4 nitrogen and oxygen atoms in total. The van der Waals surface area contributed by atoms with Gasteiger partial charge < -0.3 is 10.1 Å². The Labute approximate surface area is 140 Å². The quantitative estimate of drug-likeness (QED) is 0.921. The molecular formula is C19H30N2O2. The molecule has 1 saturated heterocycles. The maximum absolute atomic E-state index is 12.1. The van der Waals surface area contributed by atoms with Gasteiger partial charge in [0, 0.05) is 13.1 Å². The third-order valence-corrected chi connectivity index (χ3v) is 4.40. The first kappa shape index (κ1) is 17.8. The summed E-state index contributed by atoms with van der Waals surface area (Å²) in [5.41, 5.74) is 0.916. The number of likely N-dealkylation sites (tertiary alicyclic amines) is 1. The lowest BCUT2D eigenvalue weighted by Gasteiger charge is -2.44. The lowest BCUT2D eigenvalue weighted by molar-refractivity contribution is 0.0321. The highest BCUT2D eigenvalue weighted by atomic mass is 16.6. The summed E-state index contributed by atoms with van der Waals surface area (Å²) < 4.78 is 5.42. The Kier molecular flexibility index (Phi) is 5.35. The highest BCUT2D eigenvalue weighted by molar-refractivity contribution is 5.68. The zero-order chi connectivity index (χ0) is 17.1. The van der Waals surface area contributed by atoms with Crippen LogP contribution in [0.25, 0.3) is 0 Å². The molecule has 0 aromatic heterocycles. The summed E-state index contributed by atoms with van der Waals surface area (Å²) in [5, 5.41) is 3.08. The van der Waals surface area contributed by atoms with Crippen molar-refractivity contribution in [2.75, 3.05) is 13.1 Å². The van der Waals surface area contributed by atoms with Crippen LogP contribution in [-0.4, -0.2) is 35.7 Å². The monoisotopic (exact) mass is 318 g/mol. The fraction of sp³-hybridized carbons (Fsp3) is 0.632. The van der Waals surface area contributed by atoms with Gasteiger partial charge in [-0.25, -0.2) is 4.79 Å². The van der Waals surface area contributed by atoms with E-state index in [0.29, 0.717) is 0 Å². The standard InChI is InChI=1S/C19H30N2O2/c1-18(2,3)23-17(22)20-16-14-21(12-11-19(16,4)5)13-15-9-7-6-8-10-15/h6-10,16H,11-14H2,1-5H3,(H,20,22). The molecule has 1 aliphatic rings. The number of rotatable bonds is 3. The van der Waals surface area contributed by atoms with E-state index in [9.17, 15) is 4.79 Å². The van der Waals surface area contributed by atoms with Gasteiger partial charge in [-0.1, -0.05) is 44.2 Å². The maximum atomic E-state index is 12.1. The van der Waals surface area contributed by atoms with Gasteiger partial charge in [0.15, 0.2) is 0 Å². The summed E-state index contributed by atoms with van der Waals surface area (Å²) in [6.07, 6.45) is 0.734. The number of benzene rings is 1. The predicted octanol–water partition coefficient (Wildman–Crippen LogP) is 3.81. The summed E-state index contributed by atoms with van der Waals surface area (Å²) in [6.45, 7) is 12.9. The Balaban J connectivity index is 1.97. The van der Waals surface area contributed by atoms with Crippen molar-refractivity contribution >= 4 is 6.09 Å². The van der Waals surface area contributed by atoms with Crippen molar-refractivity contribution < 1.29 is 9.53 Å². The Morgan fingerprint density at radius 1 is 1.30 bits per heavy atom. The minimum atomic E-state index is -0.466. The van der Waals surface area contributed by atoms with E-state index in [1.165, 1.54) is 5.56 Å². The second kappa shape index (κ2) is 6.91. The molecule has 0 aliphatic carbocycles. The summed E-state index contributed by atoms with van der Waals surface area (Å²) in [7, 11) is 0. The fourth-order valence-electron chi connectivity index (χ4n) is 2.89. The van der Waals surface area contributed by atoms with Crippen molar-refractivity contribution in [2.24, 2.45) is 5.41 Å². The molecule has 2 rings (SSSR count). The van der Waals surface area contributed by atoms with Crippen molar-refractivity contribution in [3.05, 3.63) is 35.9 Å². The minimum absolute atomic E-state index is 0.0735. The predicted molar refractivity (Wildman–Crippen MR) is 93.3 cm³/mol. The number of carbonyl (C=O) groups excluding carboxylic acids is 1. The number of carbonyl (C=O) groups is 1. The first-order valence-corrected chi connectivity index (χ1v) is 8.41. The van der Waals surface area contributed by atoms with Crippen LogP contribution in [0, 0.1) is 5.41 Å². The van der Waals surface area contributed by atoms with E-state index in [4.69, 9.17) is 4.74 Å². The van der Waals surface area contributed by atoms with E-state index < -0.39 is 5.60 Å². The number of hydrogen-bond donors (Lipinski definition) is 1. The van der Waals surface area contributed by atoms with Crippen molar-refractivity contribution in [2.45, 2.75) is 59.2 Å². The number of nitrogens with zero attached hydrogens (tertiary/aromatic N) is 1. The van der Waals surface area contributed by atoms with Crippen LogP contribution in [0.15, 0.2) is 30.3 Å². The van der Waals surface area contributed by atoms with Gasteiger partial charge >= 0.3 is 6.09 Å². The Morgan fingerprint density at radius 3 is 2.57 bits per heavy atom. The molecule has 1 amide bonds. The van der Waals surface area contributed by atoms with Gasteiger partial charge in [0.1, 0.15) is 5.60 Å². The minimum Gasteiger partial charge on any atom is -0.444 e. The fourth-order valence-corrected chi connectivity index (χ4v) is 2.89. The van der Waals surface area contributed by atoms with Crippen LogP contribution in [-0.2, 0) is 11.3 Å². The molecule has 0 spiro atoms. The number of piperidine rings is 1. The second-order valence-corrected chi connectivity index (χ2v) is 8.16. The molecule has 0 saturated carbocycles. The van der Waals surface area contributed by atoms with Crippen LogP contribution in [0.3, 0.4) is 0 Å². The zero-order valence-electron chi connectivity index (χ0n) is 15.1.